The Labute approximate surface area is 126 Å². The fourth-order valence-corrected chi connectivity index (χ4v) is 1.75. The summed E-state index contributed by atoms with van der Waals surface area (Å²) in [5.41, 5.74) is 0.827. The van der Waals surface area contributed by atoms with Crippen molar-refractivity contribution in [1.29, 1.82) is 0 Å². The number of nitro benzene ring substituents is 1. The van der Waals surface area contributed by atoms with Crippen molar-refractivity contribution in [2.75, 3.05) is 6.54 Å². The maximum atomic E-state index is 10.6. The highest BCUT2D eigenvalue weighted by Gasteiger charge is 2.11. The molecule has 0 saturated carbocycles. The van der Waals surface area contributed by atoms with Crippen LogP contribution in [0.3, 0.4) is 0 Å². The van der Waals surface area contributed by atoms with Crippen LogP contribution in [0.5, 0.6) is 11.8 Å². The number of halogens is 1. The number of ether oxygens (including phenoxy) is 1. The molecule has 7 nitrogen and oxygen atoms in total. The molecule has 8 heteroatoms. The third-order valence-corrected chi connectivity index (χ3v) is 2.88. The van der Waals surface area contributed by atoms with Crippen LogP contribution in [-0.4, -0.2) is 21.4 Å². The van der Waals surface area contributed by atoms with Crippen molar-refractivity contribution in [1.82, 2.24) is 15.3 Å². The number of hydrogen-bond donors (Lipinski definition) is 1. The first-order valence-electron chi connectivity index (χ1n) is 6.23. The normalized spacial score (nSPS) is 10.4. The van der Waals surface area contributed by atoms with E-state index in [4.69, 9.17) is 16.3 Å². The van der Waals surface area contributed by atoms with E-state index in [0.29, 0.717) is 6.54 Å². The van der Waals surface area contributed by atoms with Crippen LogP contribution in [-0.2, 0) is 6.54 Å². The zero-order valence-electron chi connectivity index (χ0n) is 11.2. The second kappa shape index (κ2) is 6.96. The molecule has 2 rings (SSSR count). The second-order valence-corrected chi connectivity index (χ2v) is 4.54. The van der Waals surface area contributed by atoms with Crippen molar-refractivity contribution in [3.8, 4) is 11.8 Å². The number of hydrogen-bond acceptors (Lipinski definition) is 6. The zero-order chi connectivity index (χ0) is 15.2. The van der Waals surface area contributed by atoms with Crippen LogP contribution in [0.2, 0.25) is 5.02 Å². The van der Waals surface area contributed by atoms with Gasteiger partial charge in [-0.2, -0.15) is 0 Å². The van der Waals surface area contributed by atoms with Crippen LogP contribution in [0.15, 0.2) is 30.6 Å². The van der Waals surface area contributed by atoms with Crippen LogP contribution < -0.4 is 10.1 Å². The minimum atomic E-state index is -0.526. The number of nitrogens with zero attached hydrogens (tertiary/aromatic N) is 3. The van der Waals surface area contributed by atoms with E-state index in [9.17, 15) is 10.1 Å². The first kappa shape index (κ1) is 15.1. The average molecular weight is 309 g/mol. The molecule has 0 aliphatic carbocycles. The molecular formula is C13H13ClN4O3. The summed E-state index contributed by atoms with van der Waals surface area (Å²) in [6.45, 7) is 3.54. The molecule has 0 spiro atoms. The van der Waals surface area contributed by atoms with Crippen LogP contribution >= 0.6 is 11.6 Å². The summed E-state index contributed by atoms with van der Waals surface area (Å²) in [5, 5.41) is 13.9. The third-order valence-electron chi connectivity index (χ3n) is 2.59. The summed E-state index contributed by atoms with van der Waals surface area (Å²) in [5.74, 6) is 0.265. The molecular weight excluding hydrogens is 296 g/mol. The van der Waals surface area contributed by atoms with Gasteiger partial charge in [0.2, 0.25) is 0 Å². The van der Waals surface area contributed by atoms with Gasteiger partial charge in [0.25, 0.3) is 5.69 Å². The summed E-state index contributed by atoms with van der Waals surface area (Å²) in [7, 11) is 0. The largest absolute Gasteiger partial charge is 0.423 e. The van der Waals surface area contributed by atoms with Gasteiger partial charge in [0.15, 0.2) is 0 Å². The molecule has 2 aromatic rings. The molecule has 21 heavy (non-hydrogen) atoms. The monoisotopic (exact) mass is 308 g/mol. The van der Waals surface area contributed by atoms with E-state index < -0.39 is 4.92 Å². The molecule has 110 valence electrons. The SMILES string of the molecule is CCNCc1cnc(Oc2ccc([N+](=O)[O-])cc2Cl)nc1. The fraction of sp³-hybridized carbons (Fsp3) is 0.231. The third kappa shape index (κ3) is 4.11. The Morgan fingerprint density at radius 2 is 2.10 bits per heavy atom. The number of rotatable bonds is 6. The number of benzene rings is 1. The molecule has 0 atom stereocenters. The van der Waals surface area contributed by atoms with E-state index in [2.05, 4.69) is 15.3 Å². The number of non-ortho nitro benzene ring substituents is 1. The Hall–Kier alpha value is -2.25. The topological polar surface area (TPSA) is 90.2 Å². The van der Waals surface area contributed by atoms with Gasteiger partial charge in [0.1, 0.15) is 5.75 Å². The van der Waals surface area contributed by atoms with E-state index in [0.717, 1.165) is 12.1 Å². The van der Waals surface area contributed by atoms with Gasteiger partial charge in [-0.15, -0.1) is 0 Å². The van der Waals surface area contributed by atoms with E-state index in [1.54, 1.807) is 12.4 Å². The number of nitrogens with one attached hydrogen (secondary N) is 1. The van der Waals surface area contributed by atoms with Gasteiger partial charge in [-0.25, -0.2) is 9.97 Å². The van der Waals surface area contributed by atoms with Crippen LogP contribution in [0.25, 0.3) is 0 Å². The Morgan fingerprint density at radius 3 is 2.67 bits per heavy atom. The molecule has 0 saturated heterocycles. The highest BCUT2D eigenvalue weighted by Crippen LogP contribution is 2.30. The Morgan fingerprint density at radius 1 is 1.38 bits per heavy atom. The molecule has 1 aromatic heterocycles. The first-order chi connectivity index (χ1) is 10.1. The van der Waals surface area contributed by atoms with Gasteiger partial charge >= 0.3 is 6.01 Å². The molecule has 0 radical (unpaired) electrons. The molecule has 0 aliphatic rings. The maximum absolute atomic E-state index is 10.6. The Kier molecular flexibility index (Phi) is 5.02. The molecule has 0 unspecified atom stereocenters. The smallest absolute Gasteiger partial charge is 0.321 e. The Bertz CT molecular complexity index is 634. The van der Waals surface area contributed by atoms with E-state index in [1.165, 1.54) is 18.2 Å². The minimum absolute atomic E-state index is 0.103. The number of aromatic nitrogens is 2. The maximum Gasteiger partial charge on any atom is 0.321 e. The second-order valence-electron chi connectivity index (χ2n) is 4.13. The summed E-state index contributed by atoms with van der Waals surface area (Å²) in [6.07, 6.45) is 3.29. The summed E-state index contributed by atoms with van der Waals surface area (Å²) >= 11 is 5.93. The van der Waals surface area contributed by atoms with Crippen molar-refractivity contribution in [2.24, 2.45) is 0 Å². The highest BCUT2D eigenvalue weighted by atomic mass is 35.5. The molecule has 0 amide bonds. The minimum Gasteiger partial charge on any atom is -0.423 e. The van der Waals surface area contributed by atoms with Crippen molar-refractivity contribution in [3.05, 3.63) is 51.3 Å². The van der Waals surface area contributed by atoms with Gasteiger partial charge in [-0.1, -0.05) is 18.5 Å². The van der Waals surface area contributed by atoms with Gasteiger partial charge in [-0.3, -0.25) is 10.1 Å². The standard InChI is InChI=1S/C13H13ClN4O3/c1-2-15-6-9-7-16-13(17-8-9)21-12-4-3-10(18(19)20)5-11(12)14/h3-5,7-8,15H,2,6H2,1H3. The number of nitro groups is 1. The lowest BCUT2D eigenvalue weighted by molar-refractivity contribution is -0.384. The lowest BCUT2D eigenvalue weighted by atomic mass is 10.3. The van der Waals surface area contributed by atoms with Crippen LogP contribution in [0, 0.1) is 10.1 Å². The van der Waals surface area contributed by atoms with Gasteiger partial charge in [0, 0.05) is 36.6 Å². The lowest BCUT2D eigenvalue weighted by Crippen LogP contribution is -2.12. The average Bonchev–Trinajstić information content (AvgIpc) is 2.48. The molecule has 1 N–H and O–H groups in total. The molecule has 0 bridgehead atoms. The van der Waals surface area contributed by atoms with Gasteiger partial charge in [0.05, 0.1) is 9.95 Å². The quantitative estimate of drug-likeness (QED) is 0.651. The predicted molar refractivity (Wildman–Crippen MR) is 77.6 cm³/mol. The zero-order valence-corrected chi connectivity index (χ0v) is 12.0. The summed E-state index contributed by atoms with van der Waals surface area (Å²) < 4.78 is 5.41. The van der Waals surface area contributed by atoms with Crippen molar-refractivity contribution >= 4 is 17.3 Å². The molecule has 0 aliphatic heterocycles. The van der Waals surface area contributed by atoms with E-state index in [-0.39, 0.29) is 22.5 Å². The lowest BCUT2D eigenvalue weighted by Gasteiger charge is -2.06. The van der Waals surface area contributed by atoms with Crippen molar-refractivity contribution in [2.45, 2.75) is 13.5 Å². The predicted octanol–water partition coefficient (Wildman–Crippen LogP) is 2.94. The van der Waals surface area contributed by atoms with Crippen molar-refractivity contribution < 1.29 is 9.66 Å². The Balaban J connectivity index is 2.09. The summed E-state index contributed by atoms with van der Waals surface area (Å²) in [6, 6.07) is 4.07. The highest BCUT2D eigenvalue weighted by molar-refractivity contribution is 6.32. The fourth-order valence-electron chi connectivity index (χ4n) is 1.54. The van der Waals surface area contributed by atoms with Gasteiger partial charge in [-0.05, 0) is 12.6 Å². The van der Waals surface area contributed by atoms with Gasteiger partial charge < -0.3 is 10.1 Å². The van der Waals surface area contributed by atoms with Crippen molar-refractivity contribution in [3.63, 3.8) is 0 Å². The van der Waals surface area contributed by atoms with E-state index >= 15 is 0 Å². The molecule has 1 aromatic carbocycles. The first-order valence-corrected chi connectivity index (χ1v) is 6.61. The van der Waals surface area contributed by atoms with Crippen LogP contribution in [0.1, 0.15) is 12.5 Å². The summed E-state index contributed by atoms with van der Waals surface area (Å²) in [4.78, 5) is 18.2. The van der Waals surface area contributed by atoms with Crippen LogP contribution in [0.4, 0.5) is 5.69 Å². The van der Waals surface area contributed by atoms with E-state index in [1.807, 2.05) is 6.92 Å². The molecule has 1 heterocycles. The molecule has 0 fully saturated rings.